The molecule has 2 aromatic carbocycles. The van der Waals surface area contributed by atoms with Crippen LogP contribution in [0.5, 0.6) is 0 Å². The van der Waals surface area contributed by atoms with E-state index in [9.17, 15) is 4.39 Å². The van der Waals surface area contributed by atoms with E-state index in [0.29, 0.717) is 16.8 Å². The summed E-state index contributed by atoms with van der Waals surface area (Å²) in [6, 6.07) is 16.1. The lowest BCUT2D eigenvalue weighted by Gasteiger charge is -2.09. The molecule has 0 spiro atoms. The molecular formula is C22H18FN4S2+. The summed E-state index contributed by atoms with van der Waals surface area (Å²) in [5.74, 6) is -0.312. The predicted octanol–water partition coefficient (Wildman–Crippen LogP) is 3.88. The monoisotopic (exact) mass is 421 g/mol. The lowest BCUT2D eigenvalue weighted by atomic mass is 9.98. The standard InChI is InChI=1S/C22H17FN4S2/c1-28-20-9-8-19(29-20)22-16-10-14(4-7-18(16)26-12-27-22)17(11-24)21(25)13-2-5-15(23)6-3-13/h2-12,24H,25H2,1H3/p+1. The minimum Gasteiger partial charge on any atom is -0.398 e. The number of hydrogen-bond donors (Lipinski definition) is 2. The SMILES string of the molecule is CSc1ccc(-c2ncnc3ccc(C(C=[NH2+])=C(N)c4ccc(F)cc4)cc23)s1. The zero-order chi connectivity index (χ0) is 20.4. The Balaban J connectivity index is 1.87. The van der Waals surface area contributed by atoms with E-state index in [0.717, 1.165) is 27.0 Å². The molecule has 0 aliphatic carbocycles. The van der Waals surface area contributed by atoms with Gasteiger partial charge in [0, 0.05) is 5.39 Å². The second-order valence-electron chi connectivity index (χ2n) is 6.28. The molecule has 29 heavy (non-hydrogen) atoms. The highest BCUT2D eigenvalue weighted by atomic mass is 32.2. The zero-order valence-corrected chi connectivity index (χ0v) is 17.2. The molecule has 2 heterocycles. The summed E-state index contributed by atoms with van der Waals surface area (Å²) < 4.78 is 14.5. The van der Waals surface area contributed by atoms with E-state index in [2.05, 4.69) is 28.4 Å². The van der Waals surface area contributed by atoms with Gasteiger partial charge in [0.2, 0.25) is 0 Å². The maximum Gasteiger partial charge on any atom is 0.170 e. The van der Waals surface area contributed by atoms with Gasteiger partial charge in [0.1, 0.15) is 12.1 Å². The molecule has 0 unspecified atom stereocenters. The summed E-state index contributed by atoms with van der Waals surface area (Å²) in [6.45, 7) is 0. The number of thiophene rings is 1. The van der Waals surface area contributed by atoms with Gasteiger partial charge in [-0.1, -0.05) is 6.07 Å². The summed E-state index contributed by atoms with van der Waals surface area (Å²) in [5, 5.41) is 6.84. The van der Waals surface area contributed by atoms with E-state index in [1.165, 1.54) is 22.6 Å². The highest BCUT2D eigenvalue weighted by molar-refractivity contribution is 8.00. The molecule has 4 aromatic rings. The first kappa shape index (κ1) is 19.3. The summed E-state index contributed by atoms with van der Waals surface area (Å²) in [7, 11) is 0. The number of thioether (sulfide) groups is 1. The third-order valence-corrected chi connectivity index (χ3v) is 6.75. The van der Waals surface area contributed by atoms with Crippen LogP contribution in [0.3, 0.4) is 0 Å². The molecule has 4 N–H and O–H groups in total. The van der Waals surface area contributed by atoms with Crippen LogP contribution in [0.2, 0.25) is 0 Å². The summed E-state index contributed by atoms with van der Waals surface area (Å²) in [6.07, 6.45) is 5.10. The summed E-state index contributed by atoms with van der Waals surface area (Å²) in [5.41, 5.74) is 10.8. The van der Waals surface area contributed by atoms with Crippen molar-refractivity contribution in [3.8, 4) is 10.6 Å². The third-order valence-electron chi connectivity index (χ3n) is 4.57. The molecule has 0 aliphatic heterocycles. The van der Waals surface area contributed by atoms with Gasteiger partial charge >= 0.3 is 0 Å². The first-order valence-electron chi connectivity index (χ1n) is 8.80. The molecule has 4 nitrogen and oxygen atoms in total. The molecule has 144 valence electrons. The number of aromatic nitrogens is 2. The molecule has 7 heteroatoms. The van der Waals surface area contributed by atoms with Crippen molar-refractivity contribution in [2.45, 2.75) is 4.21 Å². The first-order chi connectivity index (χ1) is 14.1. The second-order valence-corrected chi connectivity index (χ2v) is 8.47. The predicted molar refractivity (Wildman–Crippen MR) is 120 cm³/mol. The van der Waals surface area contributed by atoms with Crippen molar-refractivity contribution in [1.29, 1.82) is 0 Å². The largest absolute Gasteiger partial charge is 0.398 e. The second kappa shape index (κ2) is 8.14. The van der Waals surface area contributed by atoms with Crippen molar-refractivity contribution < 1.29 is 9.80 Å². The van der Waals surface area contributed by atoms with Crippen molar-refractivity contribution in [3.05, 3.63) is 77.9 Å². The Bertz CT molecular complexity index is 1230. The fourth-order valence-electron chi connectivity index (χ4n) is 3.10. The van der Waals surface area contributed by atoms with Crippen LogP contribution in [0.4, 0.5) is 4.39 Å². The third kappa shape index (κ3) is 3.79. The maximum absolute atomic E-state index is 13.3. The fraction of sp³-hybridized carbons (Fsp3) is 0.0455. The smallest absolute Gasteiger partial charge is 0.170 e. The topological polar surface area (TPSA) is 77.4 Å². The van der Waals surface area contributed by atoms with Gasteiger partial charge in [-0.15, -0.1) is 23.1 Å². The van der Waals surface area contributed by atoms with Crippen molar-refractivity contribution in [2.24, 2.45) is 5.73 Å². The van der Waals surface area contributed by atoms with Crippen LogP contribution in [0.1, 0.15) is 11.1 Å². The van der Waals surface area contributed by atoms with E-state index in [1.54, 1.807) is 41.6 Å². The van der Waals surface area contributed by atoms with Gasteiger partial charge < -0.3 is 5.73 Å². The van der Waals surface area contributed by atoms with E-state index in [-0.39, 0.29) is 5.82 Å². The number of nitrogens with zero attached hydrogens (tertiary/aromatic N) is 2. The number of fused-ring (bicyclic) bond motifs is 1. The van der Waals surface area contributed by atoms with Gasteiger partial charge in [0.25, 0.3) is 0 Å². The molecule has 4 rings (SSSR count). The van der Waals surface area contributed by atoms with E-state index >= 15 is 0 Å². The van der Waals surface area contributed by atoms with Crippen molar-refractivity contribution in [1.82, 2.24) is 9.97 Å². The van der Waals surface area contributed by atoms with Crippen LogP contribution >= 0.6 is 23.1 Å². The van der Waals surface area contributed by atoms with Gasteiger partial charge in [-0.3, -0.25) is 5.41 Å². The summed E-state index contributed by atoms with van der Waals surface area (Å²) in [4.78, 5) is 9.99. The van der Waals surface area contributed by atoms with Crippen molar-refractivity contribution in [2.75, 3.05) is 6.26 Å². The molecule has 0 amide bonds. The minimum atomic E-state index is -0.312. The lowest BCUT2D eigenvalue weighted by molar-refractivity contribution is -0.103. The van der Waals surface area contributed by atoms with Gasteiger partial charge in [-0.2, -0.15) is 0 Å². The molecule has 2 aromatic heterocycles. The van der Waals surface area contributed by atoms with E-state index in [1.807, 2.05) is 18.2 Å². The highest BCUT2D eigenvalue weighted by Crippen LogP contribution is 2.35. The van der Waals surface area contributed by atoms with E-state index < -0.39 is 0 Å². The molecule has 0 fully saturated rings. The minimum absolute atomic E-state index is 0.312. The van der Waals surface area contributed by atoms with Crippen LogP contribution in [-0.2, 0) is 0 Å². The molecule has 0 atom stereocenters. The maximum atomic E-state index is 13.3. The normalized spacial score (nSPS) is 12.1. The van der Waals surface area contributed by atoms with Crippen LogP contribution in [-0.4, -0.2) is 22.4 Å². The van der Waals surface area contributed by atoms with Crippen molar-refractivity contribution >= 4 is 51.5 Å². The van der Waals surface area contributed by atoms with Gasteiger partial charge in [-0.25, -0.2) is 14.4 Å². The van der Waals surface area contributed by atoms with Crippen LogP contribution in [0.15, 0.2) is 65.1 Å². The van der Waals surface area contributed by atoms with Crippen LogP contribution in [0.25, 0.3) is 32.7 Å². The average molecular weight is 422 g/mol. The van der Waals surface area contributed by atoms with Gasteiger partial charge in [0.05, 0.1) is 31.6 Å². The molecule has 0 aliphatic rings. The molecule has 0 saturated heterocycles. The summed E-state index contributed by atoms with van der Waals surface area (Å²) >= 11 is 3.40. The van der Waals surface area contributed by atoms with Crippen LogP contribution in [0, 0.1) is 5.82 Å². The Kier molecular flexibility index (Phi) is 5.42. The molecular weight excluding hydrogens is 403 g/mol. The van der Waals surface area contributed by atoms with Crippen molar-refractivity contribution in [3.63, 3.8) is 0 Å². The Morgan fingerprint density at radius 3 is 2.52 bits per heavy atom. The Morgan fingerprint density at radius 1 is 1.07 bits per heavy atom. The number of halogens is 1. The average Bonchev–Trinajstić information content (AvgIpc) is 3.23. The number of nitrogens with two attached hydrogens (primary N) is 2. The van der Waals surface area contributed by atoms with Gasteiger partial charge in [-0.05, 0) is 65.9 Å². The number of rotatable bonds is 5. The lowest BCUT2D eigenvalue weighted by Crippen LogP contribution is -2.31. The molecule has 0 radical (unpaired) electrons. The molecule has 0 bridgehead atoms. The Hall–Kier alpha value is -3.03. The van der Waals surface area contributed by atoms with E-state index in [4.69, 9.17) is 11.1 Å². The number of hydrogen-bond acceptors (Lipinski definition) is 5. The zero-order valence-electron chi connectivity index (χ0n) is 15.6. The number of benzene rings is 2. The Labute approximate surface area is 175 Å². The fourth-order valence-corrected chi connectivity index (χ4v) is 4.66. The van der Waals surface area contributed by atoms with Gasteiger partial charge in [0.15, 0.2) is 6.21 Å². The quantitative estimate of drug-likeness (QED) is 0.291. The first-order valence-corrected chi connectivity index (χ1v) is 10.8. The number of allylic oxidation sites excluding steroid dienone is 1. The molecule has 0 saturated carbocycles. The van der Waals surface area contributed by atoms with Crippen LogP contribution < -0.4 is 11.1 Å². The highest BCUT2D eigenvalue weighted by Gasteiger charge is 2.14. The Morgan fingerprint density at radius 2 is 1.83 bits per heavy atom.